The molecule has 2 aliphatic rings. The van der Waals surface area contributed by atoms with Gasteiger partial charge in [0.05, 0.1) is 11.8 Å². The Morgan fingerprint density at radius 2 is 2.21 bits per heavy atom. The van der Waals surface area contributed by atoms with Gasteiger partial charge in [-0.15, -0.1) is 5.10 Å². The van der Waals surface area contributed by atoms with Crippen molar-refractivity contribution in [3.63, 3.8) is 0 Å². The lowest BCUT2D eigenvalue weighted by atomic mass is 10.1. The molecule has 1 saturated carbocycles. The van der Waals surface area contributed by atoms with Crippen molar-refractivity contribution in [1.29, 1.82) is 5.41 Å². The lowest BCUT2D eigenvalue weighted by molar-refractivity contribution is -0.530. The summed E-state index contributed by atoms with van der Waals surface area (Å²) in [5.41, 5.74) is 2.05. The summed E-state index contributed by atoms with van der Waals surface area (Å²) in [7, 11) is 0. The van der Waals surface area contributed by atoms with E-state index in [1.165, 1.54) is 12.1 Å². The molecule has 9 heteroatoms. The summed E-state index contributed by atoms with van der Waals surface area (Å²) in [5.74, 6) is -0.202. The molecule has 0 radical (unpaired) electrons. The van der Waals surface area contributed by atoms with Crippen LogP contribution >= 0.6 is 0 Å². The van der Waals surface area contributed by atoms with E-state index in [9.17, 15) is 9.18 Å². The number of quaternary nitrogens is 1. The smallest absolute Gasteiger partial charge is 0.263 e. The first kappa shape index (κ1) is 18.8. The molecular formula is C20H21FN7O+. The van der Waals surface area contributed by atoms with Gasteiger partial charge in [-0.05, 0) is 43.5 Å². The molecule has 1 amide bonds. The van der Waals surface area contributed by atoms with Gasteiger partial charge >= 0.3 is 0 Å². The number of aromatic nitrogens is 3. The Hall–Kier alpha value is -3.59. The third kappa shape index (κ3) is 4.14. The van der Waals surface area contributed by atoms with Gasteiger partial charge in [0.2, 0.25) is 5.95 Å². The minimum Gasteiger partial charge on any atom is -0.350 e. The van der Waals surface area contributed by atoms with Crippen LogP contribution in [0.15, 0.2) is 47.8 Å². The van der Waals surface area contributed by atoms with Crippen LogP contribution in [0.4, 0.5) is 16.0 Å². The van der Waals surface area contributed by atoms with Gasteiger partial charge in [0.15, 0.2) is 5.82 Å². The van der Waals surface area contributed by atoms with E-state index in [0.717, 1.165) is 19.1 Å². The molecule has 1 aromatic heterocycles. The molecule has 0 bridgehead atoms. The molecule has 4 rings (SSSR count). The van der Waals surface area contributed by atoms with Gasteiger partial charge in [0.1, 0.15) is 17.1 Å². The molecule has 29 heavy (non-hydrogen) atoms. The molecule has 8 nitrogen and oxygen atoms in total. The molecule has 148 valence electrons. The molecular weight excluding hydrogens is 373 g/mol. The van der Waals surface area contributed by atoms with Gasteiger partial charge in [-0.2, -0.15) is 4.98 Å². The molecule has 0 saturated heterocycles. The number of H-pyrrole nitrogens is 1. The molecule has 2 heterocycles. The van der Waals surface area contributed by atoms with Crippen LogP contribution in [-0.2, 0) is 4.79 Å². The number of benzene rings is 1. The van der Waals surface area contributed by atoms with Gasteiger partial charge in [0.25, 0.3) is 5.91 Å². The predicted molar refractivity (Wildman–Crippen MR) is 108 cm³/mol. The zero-order valence-corrected chi connectivity index (χ0v) is 15.8. The maximum absolute atomic E-state index is 14.6. The second-order valence-corrected chi connectivity index (χ2v) is 6.95. The summed E-state index contributed by atoms with van der Waals surface area (Å²) in [6, 6.07) is 3.24. The van der Waals surface area contributed by atoms with Crippen LogP contribution in [0.1, 0.15) is 18.4 Å². The Morgan fingerprint density at radius 3 is 2.90 bits per heavy atom. The number of carbonyl (C=O) groups excluding carboxylic acids is 1. The average Bonchev–Trinajstić information content (AvgIpc) is 3.40. The third-order valence-corrected chi connectivity index (χ3v) is 4.69. The molecule has 1 aliphatic carbocycles. The molecule has 0 unspecified atom stereocenters. The second-order valence-electron chi connectivity index (χ2n) is 6.95. The molecule has 2 aromatic rings. The molecule has 0 atom stereocenters. The Morgan fingerprint density at radius 1 is 1.38 bits per heavy atom. The Labute approximate surface area is 166 Å². The number of nitrogens with one attached hydrogen (secondary N) is 4. The standard InChI is InChI=1S/C20H20FN7O/c1-11-8-15(21)13(18-26-20(28-27-18)24-12-5-6-12)9-17(11)25-19(29)14(10-22)16-4-2-3-7-23-16/h2-4,7-10,12,22-23H,5-6H2,1H3,(H,25,29)(H2,24,26,27,28)/p+1/b16-14+,22-10?. The van der Waals surface area contributed by atoms with E-state index in [0.29, 0.717) is 28.9 Å². The lowest BCUT2D eigenvalue weighted by Crippen LogP contribution is -2.76. The maximum atomic E-state index is 14.6. The van der Waals surface area contributed by atoms with Crippen LogP contribution in [0.3, 0.4) is 0 Å². The number of anilines is 2. The van der Waals surface area contributed by atoms with E-state index in [1.807, 2.05) is 6.08 Å². The van der Waals surface area contributed by atoms with Crippen molar-refractivity contribution >= 4 is 23.8 Å². The average molecular weight is 394 g/mol. The van der Waals surface area contributed by atoms with Gasteiger partial charge in [-0.3, -0.25) is 15.2 Å². The van der Waals surface area contributed by atoms with Gasteiger partial charge < -0.3 is 16.0 Å². The summed E-state index contributed by atoms with van der Waals surface area (Å²) in [5, 5.41) is 22.1. The highest BCUT2D eigenvalue weighted by molar-refractivity contribution is 6.18. The van der Waals surface area contributed by atoms with Crippen LogP contribution < -0.4 is 16.0 Å². The number of hydrogen-bond acceptors (Lipinski definition) is 5. The van der Waals surface area contributed by atoms with E-state index in [4.69, 9.17) is 5.41 Å². The van der Waals surface area contributed by atoms with Crippen molar-refractivity contribution in [2.24, 2.45) is 0 Å². The number of halogens is 1. The van der Waals surface area contributed by atoms with E-state index in [-0.39, 0.29) is 17.0 Å². The van der Waals surface area contributed by atoms with Crippen molar-refractivity contribution in [3.8, 4) is 11.4 Å². The predicted octanol–water partition coefficient (Wildman–Crippen LogP) is 1.98. The highest BCUT2D eigenvalue weighted by atomic mass is 19.1. The number of aryl methyl sites for hydroxylation is 1. The number of allylic oxidation sites excluding steroid dienone is 3. The number of amides is 1. The Balaban J connectivity index is 1.60. The molecule has 0 spiro atoms. The zero-order valence-electron chi connectivity index (χ0n) is 15.8. The van der Waals surface area contributed by atoms with Crippen LogP contribution in [0.5, 0.6) is 0 Å². The van der Waals surface area contributed by atoms with Gasteiger partial charge in [-0.1, -0.05) is 6.08 Å². The largest absolute Gasteiger partial charge is 0.350 e. The summed E-state index contributed by atoms with van der Waals surface area (Å²) in [4.78, 5) is 17.0. The van der Waals surface area contributed by atoms with E-state index in [2.05, 4.69) is 25.8 Å². The van der Waals surface area contributed by atoms with Crippen molar-refractivity contribution in [3.05, 3.63) is 59.2 Å². The number of carbonyl (C=O) groups is 1. The minimum atomic E-state index is -0.464. The number of nitrogens with zero attached hydrogens (tertiary/aromatic N) is 2. The van der Waals surface area contributed by atoms with Gasteiger partial charge in [0, 0.05) is 24.0 Å². The van der Waals surface area contributed by atoms with Crippen molar-refractivity contribution in [2.45, 2.75) is 25.8 Å². The number of nitrogens with two attached hydrogens (primary N) is 1. The fourth-order valence-electron chi connectivity index (χ4n) is 2.93. The van der Waals surface area contributed by atoms with Crippen LogP contribution in [0.2, 0.25) is 0 Å². The van der Waals surface area contributed by atoms with E-state index < -0.39 is 11.7 Å². The first-order valence-electron chi connectivity index (χ1n) is 9.29. The molecule has 1 aromatic carbocycles. The minimum absolute atomic E-state index is 0.207. The Bertz CT molecular complexity index is 1060. The lowest BCUT2D eigenvalue weighted by Gasteiger charge is -2.12. The van der Waals surface area contributed by atoms with E-state index in [1.54, 1.807) is 30.6 Å². The summed E-state index contributed by atoms with van der Waals surface area (Å²) < 4.78 is 14.6. The fraction of sp³-hybridized carbons (Fsp3) is 0.200. The van der Waals surface area contributed by atoms with E-state index >= 15 is 0 Å². The normalized spacial score (nSPS) is 17.2. The highest BCUT2D eigenvalue weighted by Crippen LogP contribution is 2.28. The topological polar surface area (TPSA) is 123 Å². The number of rotatable bonds is 6. The fourth-order valence-corrected chi connectivity index (χ4v) is 2.93. The first-order chi connectivity index (χ1) is 14.0. The van der Waals surface area contributed by atoms with Crippen molar-refractivity contribution < 1.29 is 14.5 Å². The first-order valence-corrected chi connectivity index (χ1v) is 9.29. The van der Waals surface area contributed by atoms with Crippen molar-refractivity contribution in [2.75, 3.05) is 10.6 Å². The summed E-state index contributed by atoms with van der Waals surface area (Å²) >= 11 is 0. The van der Waals surface area contributed by atoms with Crippen molar-refractivity contribution in [1.82, 2.24) is 15.2 Å². The molecule has 6 N–H and O–H groups in total. The second kappa shape index (κ2) is 7.80. The van der Waals surface area contributed by atoms with Crippen LogP contribution in [-0.4, -0.2) is 33.3 Å². The zero-order chi connectivity index (χ0) is 20.4. The quantitative estimate of drug-likeness (QED) is 0.380. The highest BCUT2D eigenvalue weighted by Gasteiger charge is 2.23. The van der Waals surface area contributed by atoms with Gasteiger partial charge in [-0.25, -0.2) is 4.39 Å². The third-order valence-electron chi connectivity index (χ3n) is 4.69. The number of hydrogen-bond donors (Lipinski definition) is 5. The number of aromatic amines is 1. The maximum Gasteiger partial charge on any atom is 0.263 e. The SMILES string of the molecule is Cc1cc(F)c(-c2nc(NC3CC3)n[nH]2)cc1NC(=O)/C(C=N)=C1\C=CC=C[NH2+]1. The molecule has 1 aliphatic heterocycles. The summed E-state index contributed by atoms with van der Waals surface area (Å²) in [6.45, 7) is 1.70. The monoisotopic (exact) mass is 394 g/mol. The molecule has 1 fully saturated rings. The Kier molecular flexibility index (Phi) is 5.05. The van der Waals surface area contributed by atoms with Crippen LogP contribution in [0, 0.1) is 18.2 Å². The van der Waals surface area contributed by atoms with Crippen LogP contribution in [0.25, 0.3) is 11.4 Å². The summed E-state index contributed by atoms with van der Waals surface area (Å²) in [6.07, 6.45) is 10.3.